The maximum Gasteiger partial charge on any atom is 0.230 e. The number of carbonyl (C=O) groups is 1. The van der Waals surface area contributed by atoms with E-state index in [2.05, 4.69) is 10.3 Å². The van der Waals surface area contributed by atoms with E-state index >= 15 is 0 Å². The van der Waals surface area contributed by atoms with Crippen LogP contribution in [0.4, 0.5) is 14.5 Å². The summed E-state index contributed by atoms with van der Waals surface area (Å²) in [5.74, 6) is -1.57. The Morgan fingerprint density at radius 2 is 1.92 bits per heavy atom. The second kappa shape index (κ2) is 8.05. The number of halogens is 2. The number of hydrogen-bond donors (Lipinski definition) is 1. The van der Waals surface area contributed by atoms with Crippen molar-refractivity contribution in [3.8, 4) is 5.75 Å². The molecule has 1 aromatic heterocycles. The lowest BCUT2D eigenvalue weighted by atomic mass is 10.2. The molecular weight excluding hydrogens is 358 g/mol. The minimum atomic E-state index is -1.01. The van der Waals surface area contributed by atoms with Gasteiger partial charge in [0.25, 0.3) is 0 Å². The molecule has 0 atom stereocenters. The molecule has 2 aromatic carbocycles. The van der Waals surface area contributed by atoms with Crippen LogP contribution in [0.25, 0.3) is 0 Å². The fourth-order valence-corrected chi connectivity index (χ4v) is 2.92. The van der Waals surface area contributed by atoms with Crippen LogP contribution < -0.4 is 10.1 Å². The maximum atomic E-state index is 13.2. The zero-order valence-corrected chi connectivity index (χ0v) is 14.8. The summed E-state index contributed by atoms with van der Waals surface area (Å²) >= 11 is 1.40. The van der Waals surface area contributed by atoms with Crippen LogP contribution in [-0.2, 0) is 17.8 Å². The van der Waals surface area contributed by atoms with Gasteiger partial charge in [-0.1, -0.05) is 17.7 Å². The molecule has 0 fully saturated rings. The van der Waals surface area contributed by atoms with Crippen LogP contribution in [0.1, 0.15) is 16.3 Å². The van der Waals surface area contributed by atoms with Gasteiger partial charge in [-0.05, 0) is 31.2 Å². The van der Waals surface area contributed by atoms with Crippen molar-refractivity contribution in [1.82, 2.24) is 4.98 Å². The molecule has 3 rings (SSSR count). The van der Waals surface area contributed by atoms with Crippen molar-refractivity contribution in [3.05, 3.63) is 75.7 Å². The van der Waals surface area contributed by atoms with Crippen molar-refractivity contribution in [2.75, 3.05) is 5.32 Å². The van der Waals surface area contributed by atoms with Gasteiger partial charge in [-0.2, -0.15) is 0 Å². The van der Waals surface area contributed by atoms with Gasteiger partial charge < -0.3 is 10.1 Å². The van der Waals surface area contributed by atoms with E-state index in [0.717, 1.165) is 28.5 Å². The van der Waals surface area contributed by atoms with Crippen LogP contribution in [-0.4, -0.2) is 10.9 Å². The number of carbonyl (C=O) groups excluding carboxylic acids is 1. The summed E-state index contributed by atoms with van der Waals surface area (Å²) in [6.07, 6.45) is 0.0417. The molecule has 134 valence electrons. The number of thiazole rings is 1. The highest BCUT2D eigenvalue weighted by Crippen LogP contribution is 2.17. The molecule has 3 aromatic rings. The maximum absolute atomic E-state index is 13.2. The van der Waals surface area contributed by atoms with Crippen molar-refractivity contribution in [2.45, 2.75) is 20.0 Å². The summed E-state index contributed by atoms with van der Waals surface area (Å²) in [6, 6.07) is 10.9. The molecular formula is C19H16F2N2O2S. The third-order valence-electron chi connectivity index (χ3n) is 3.53. The molecule has 4 nitrogen and oxygen atoms in total. The molecule has 0 aliphatic heterocycles. The van der Waals surface area contributed by atoms with Crippen molar-refractivity contribution >= 4 is 22.9 Å². The molecule has 0 bridgehead atoms. The highest BCUT2D eigenvalue weighted by Gasteiger charge is 2.10. The Kier molecular flexibility index (Phi) is 5.58. The van der Waals surface area contributed by atoms with Crippen LogP contribution in [0.3, 0.4) is 0 Å². The standard InChI is InChI=1S/C19H16F2N2O2S/c1-12-2-5-15(6-3-12)25-10-19-23-14(11-26-19)9-18(24)22-13-4-7-16(20)17(21)8-13/h2-8,11H,9-10H2,1H3,(H,22,24). The van der Waals surface area contributed by atoms with Gasteiger partial charge in [0.2, 0.25) is 5.91 Å². The Hall–Kier alpha value is -2.80. The quantitative estimate of drug-likeness (QED) is 0.692. The SMILES string of the molecule is Cc1ccc(OCc2nc(CC(=O)Nc3ccc(F)c(F)c3)cs2)cc1. The molecule has 0 saturated carbocycles. The second-order valence-corrected chi connectivity index (χ2v) is 6.63. The van der Waals surface area contributed by atoms with Gasteiger partial charge in [0.15, 0.2) is 11.6 Å². The average Bonchev–Trinajstić information content (AvgIpc) is 3.05. The van der Waals surface area contributed by atoms with E-state index in [1.807, 2.05) is 31.2 Å². The van der Waals surface area contributed by atoms with E-state index in [-0.39, 0.29) is 18.0 Å². The molecule has 26 heavy (non-hydrogen) atoms. The summed E-state index contributed by atoms with van der Waals surface area (Å²) < 4.78 is 31.7. The minimum Gasteiger partial charge on any atom is -0.486 e. The van der Waals surface area contributed by atoms with Gasteiger partial charge in [-0.3, -0.25) is 4.79 Å². The van der Waals surface area contributed by atoms with E-state index in [1.54, 1.807) is 5.38 Å². The lowest BCUT2D eigenvalue weighted by Gasteiger charge is -2.05. The number of aromatic nitrogens is 1. The van der Waals surface area contributed by atoms with Crippen molar-refractivity contribution in [3.63, 3.8) is 0 Å². The first-order valence-corrected chi connectivity index (χ1v) is 8.75. The third kappa shape index (κ3) is 4.86. The number of nitrogens with one attached hydrogen (secondary N) is 1. The number of benzene rings is 2. The molecule has 0 saturated heterocycles. The zero-order valence-electron chi connectivity index (χ0n) is 14.0. The molecule has 1 N–H and O–H groups in total. The van der Waals surface area contributed by atoms with Crippen LogP contribution in [0.2, 0.25) is 0 Å². The van der Waals surface area contributed by atoms with Gasteiger partial charge in [0.05, 0.1) is 12.1 Å². The average molecular weight is 374 g/mol. The first kappa shape index (κ1) is 18.0. The lowest BCUT2D eigenvalue weighted by Crippen LogP contribution is -2.15. The monoisotopic (exact) mass is 374 g/mol. The lowest BCUT2D eigenvalue weighted by molar-refractivity contribution is -0.115. The Labute approximate surface area is 153 Å². The molecule has 0 aliphatic carbocycles. The number of hydrogen-bond acceptors (Lipinski definition) is 4. The van der Waals surface area contributed by atoms with E-state index in [4.69, 9.17) is 4.74 Å². The highest BCUT2D eigenvalue weighted by atomic mass is 32.1. The van der Waals surface area contributed by atoms with Crippen LogP contribution in [0.15, 0.2) is 47.8 Å². The first-order chi connectivity index (χ1) is 12.5. The molecule has 0 radical (unpaired) electrons. The topological polar surface area (TPSA) is 51.2 Å². The van der Waals surface area contributed by atoms with Crippen LogP contribution in [0, 0.1) is 18.6 Å². The normalized spacial score (nSPS) is 10.6. The minimum absolute atomic E-state index is 0.0417. The number of anilines is 1. The number of ether oxygens (including phenoxy) is 1. The largest absolute Gasteiger partial charge is 0.486 e. The number of aryl methyl sites for hydroxylation is 1. The number of rotatable bonds is 6. The van der Waals surface area contributed by atoms with E-state index in [1.165, 1.54) is 17.4 Å². The van der Waals surface area contributed by atoms with Crippen molar-refractivity contribution < 1.29 is 18.3 Å². The smallest absolute Gasteiger partial charge is 0.230 e. The Morgan fingerprint density at radius 1 is 1.15 bits per heavy atom. The fourth-order valence-electron chi connectivity index (χ4n) is 2.22. The second-order valence-electron chi connectivity index (χ2n) is 5.69. The van der Waals surface area contributed by atoms with Gasteiger partial charge in [-0.15, -0.1) is 11.3 Å². The number of nitrogens with zero attached hydrogens (tertiary/aromatic N) is 1. The predicted molar refractivity (Wildman–Crippen MR) is 96.3 cm³/mol. The van der Waals surface area contributed by atoms with Crippen molar-refractivity contribution in [2.24, 2.45) is 0 Å². The zero-order chi connectivity index (χ0) is 18.5. The highest BCUT2D eigenvalue weighted by molar-refractivity contribution is 7.09. The summed E-state index contributed by atoms with van der Waals surface area (Å²) in [6.45, 7) is 2.32. The van der Waals surface area contributed by atoms with Crippen LogP contribution in [0.5, 0.6) is 5.75 Å². The van der Waals surface area contributed by atoms with E-state index in [9.17, 15) is 13.6 Å². The summed E-state index contributed by atoms with van der Waals surface area (Å²) in [4.78, 5) is 16.4. The summed E-state index contributed by atoms with van der Waals surface area (Å²) in [5.41, 5.74) is 1.95. The summed E-state index contributed by atoms with van der Waals surface area (Å²) in [7, 11) is 0. The van der Waals surface area contributed by atoms with Gasteiger partial charge in [0, 0.05) is 17.1 Å². The molecule has 0 aliphatic rings. The number of amides is 1. The fraction of sp³-hybridized carbons (Fsp3) is 0.158. The van der Waals surface area contributed by atoms with Crippen LogP contribution >= 0.6 is 11.3 Å². The van der Waals surface area contributed by atoms with E-state index < -0.39 is 11.6 Å². The van der Waals surface area contributed by atoms with Gasteiger partial charge >= 0.3 is 0 Å². The first-order valence-electron chi connectivity index (χ1n) is 7.87. The molecule has 0 unspecified atom stereocenters. The molecule has 0 spiro atoms. The molecule has 1 heterocycles. The molecule has 1 amide bonds. The predicted octanol–water partition coefficient (Wildman–Crippen LogP) is 4.49. The van der Waals surface area contributed by atoms with Crippen molar-refractivity contribution in [1.29, 1.82) is 0 Å². The Bertz CT molecular complexity index is 910. The Balaban J connectivity index is 1.53. The summed E-state index contributed by atoms with van der Waals surface area (Å²) in [5, 5.41) is 5.05. The third-order valence-corrected chi connectivity index (χ3v) is 4.40. The van der Waals surface area contributed by atoms with E-state index in [0.29, 0.717) is 12.3 Å². The van der Waals surface area contributed by atoms with Gasteiger partial charge in [0.1, 0.15) is 17.4 Å². The van der Waals surface area contributed by atoms with Gasteiger partial charge in [-0.25, -0.2) is 13.8 Å². The Morgan fingerprint density at radius 3 is 2.65 bits per heavy atom. The molecule has 7 heteroatoms.